The highest BCUT2D eigenvalue weighted by molar-refractivity contribution is 5.78. The molecular weight excluding hydrogens is 204 g/mol. The number of carbonyl (C=O) groups excluding carboxylic acids is 1. The van der Waals surface area contributed by atoms with E-state index in [0.717, 1.165) is 17.9 Å². The smallest absolute Gasteiger partial charge is 0.237 e. The van der Waals surface area contributed by atoms with Gasteiger partial charge in [0.2, 0.25) is 5.91 Å². The van der Waals surface area contributed by atoms with Gasteiger partial charge in [-0.05, 0) is 41.0 Å². The Kier molecular flexibility index (Phi) is 5.42. The Labute approximate surface area is 99.0 Å². The van der Waals surface area contributed by atoms with Gasteiger partial charge in [0.25, 0.3) is 0 Å². The molecule has 0 aromatic heterocycles. The van der Waals surface area contributed by atoms with E-state index in [4.69, 9.17) is 0 Å². The first-order valence-corrected chi connectivity index (χ1v) is 5.86. The van der Waals surface area contributed by atoms with Gasteiger partial charge in [0.1, 0.15) is 6.54 Å². The maximum absolute atomic E-state index is 11.7. The Balaban J connectivity index is 4.19. The fraction of sp³-hybridized carbons (Fsp3) is 0.917. The third-order valence-electron chi connectivity index (χ3n) is 2.42. The van der Waals surface area contributed by atoms with Gasteiger partial charge in [0.05, 0.1) is 0 Å². The molecule has 0 radical (unpaired) electrons. The molecule has 0 aromatic carbocycles. The molecule has 0 aliphatic heterocycles. The fourth-order valence-corrected chi connectivity index (χ4v) is 1.48. The number of amides is 1. The highest BCUT2D eigenvalue weighted by Gasteiger charge is 2.25. The molecule has 96 valence electrons. The molecule has 4 nitrogen and oxygen atoms in total. The monoisotopic (exact) mass is 230 g/mol. The second-order valence-corrected chi connectivity index (χ2v) is 5.91. The van der Waals surface area contributed by atoms with Crippen molar-refractivity contribution in [3.05, 3.63) is 0 Å². The van der Waals surface area contributed by atoms with Crippen LogP contribution in [0, 0.1) is 0 Å². The molecule has 0 bridgehead atoms. The normalized spacial score (nSPS) is 13.0. The zero-order valence-electron chi connectivity index (χ0n) is 11.4. The molecule has 0 heterocycles. The number of carbonyl (C=O) groups is 1. The van der Waals surface area contributed by atoms with Crippen LogP contribution < -0.4 is 5.32 Å². The lowest BCUT2D eigenvalue weighted by molar-refractivity contribution is -0.167. The molecule has 0 aliphatic carbocycles. The van der Waals surface area contributed by atoms with Gasteiger partial charge in [-0.1, -0.05) is 13.3 Å². The van der Waals surface area contributed by atoms with Gasteiger partial charge in [-0.25, -0.2) is 0 Å². The molecular formula is C12H26N2O2. The van der Waals surface area contributed by atoms with E-state index in [2.05, 4.69) is 12.2 Å². The Hall–Kier alpha value is -0.610. The van der Waals surface area contributed by atoms with Crippen LogP contribution in [-0.2, 0) is 4.79 Å². The average molecular weight is 230 g/mol. The molecule has 0 saturated carbocycles. The van der Waals surface area contributed by atoms with Crippen molar-refractivity contribution in [1.82, 2.24) is 10.4 Å². The second kappa shape index (κ2) is 5.64. The van der Waals surface area contributed by atoms with Crippen molar-refractivity contribution in [1.29, 1.82) is 0 Å². The molecule has 0 rings (SSSR count). The SMILES string of the molecule is CCCC(C)(C)NC(=O)CN(O)C(C)(C)C. The largest absolute Gasteiger partial charge is 0.350 e. The fourth-order valence-electron chi connectivity index (χ4n) is 1.48. The zero-order chi connectivity index (χ0) is 13.0. The molecule has 0 spiro atoms. The van der Waals surface area contributed by atoms with Crippen molar-refractivity contribution < 1.29 is 10.0 Å². The summed E-state index contributed by atoms with van der Waals surface area (Å²) in [5, 5.41) is 13.6. The lowest BCUT2D eigenvalue weighted by atomic mass is 9.99. The lowest BCUT2D eigenvalue weighted by Gasteiger charge is -2.31. The molecule has 0 aromatic rings. The summed E-state index contributed by atoms with van der Waals surface area (Å²) in [6, 6.07) is 0. The quantitative estimate of drug-likeness (QED) is 0.712. The van der Waals surface area contributed by atoms with Crippen molar-refractivity contribution >= 4 is 5.91 Å². The predicted octanol–water partition coefficient (Wildman–Crippen LogP) is 2.17. The number of nitrogens with one attached hydrogen (secondary N) is 1. The van der Waals surface area contributed by atoms with Crippen LogP contribution in [0.1, 0.15) is 54.4 Å². The third kappa shape index (κ3) is 6.08. The first kappa shape index (κ1) is 15.4. The molecule has 16 heavy (non-hydrogen) atoms. The number of hydrogen-bond acceptors (Lipinski definition) is 3. The number of nitrogens with zero attached hydrogens (tertiary/aromatic N) is 1. The molecule has 0 atom stereocenters. The first-order chi connectivity index (χ1) is 7.08. The molecule has 0 aliphatic rings. The van der Waals surface area contributed by atoms with Gasteiger partial charge in [-0.15, -0.1) is 0 Å². The van der Waals surface area contributed by atoms with Crippen LogP contribution in [0.5, 0.6) is 0 Å². The predicted molar refractivity (Wildman–Crippen MR) is 65.4 cm³/mol. The summed E-state index contributed by atoms with van der Waals surface area (Å²) < 4.78 is 0. The Bertz CT molecular complexity index is 232. The van der Waals surface area contributed by atoms with Crippen LogP contribution in [-0.4, -0.2) is 33.8 Å². The Morgan fingerprint density at radius 3 is 2.12 bits per heavy atom. The zero-order valence-corrected chi connectivity index (χ0v) is 11.4. The first-order valence-electron chi connectivity index (χ1n) is 5.86. The molecule has 2 N–H and O–H groups in total. The van der Waals surface area contributed by atoms with E-state index < -0.39 is 5.54 Å². The van der Waals surface area contributed by atoms with Crippen LogP contribution in [0.3, 0.4) is 0 Å². The minimum absolute atomic E-state index is 0.0106. The van der Waals surface area contributed by atoms with Gasteiger partial charge >= 0.3 is 0 Å². The van der Waals surface area contributed by atoms with Crippen LogP contribution in [0.25, 0.3) is 0 Å². The lowest BCUT2D eigenvalue weighted by Crippen LogP contribution is -2.50. The van der Waals surface area contributed by atoms with E-state index in [1.807, 2.05) is 34.6 Å². The standard InChI is InChI=1S/C12H26N2O2/c1-7-8-12(5,6)13-10(15)9-14(16)11(2,3)4/h16H,7-9H2,1-6H3,(H,13,15). The molecule has 4 heteroatoms. The van der Waals surface area contributed by atoms with E-state index in [9.17, 15) is 10.0 Å². The van der Waals surface area contributed by atoms with Crippen LogP contribution in [0.2, 0.25) is 0 Å². The minimum atomic E-state index is -0.410. The maximum Gasteiger partial charge on any atom is 0.237 e. The summed E-state index contributed by atoms with van der Waals surface area (Å²) in [6.07, 6.45) is 1.95. The molecule has 1 amide bonds. The third-order valence-corrected chi connectivity index (χ3v) is 2.42. The highest BCUT2D eigenvalue weighted by Crippen LogP contribution is 2.12. The Morgan fingerprint density at radius 1 is 1.25 bits per heavy atom. The van der Waals surface area contributed by atoms with Crippen molar-refractivity contribution in [2.45, 2.75) is 65.5 Å². The molecule has 0 unspecified atom stereocenters. The second-order valence-electron chi connectivity index (χ2n) is 5.91. The molecule has 0 fully saturated rings. The summed E-state index contributed by atoms with van der Waals surface area (Å²) in [6.45, 7) is 11.7. The van der Waals surface area contributed by atoms with E-state index >= 15 is 0 Å². The Morgan fingerprint density at radius 2 is 1.75 bits per heavy atom. The van der Waals surface area contributed by atoms with Crippen LogP contribution >= 0.6 is 0 Å². The summed E-state index contributed by atoms with van der Waals surface area (Å²) in [4.78, 5) is 11.7. The topological polar surface area (TPSA) is 52.6 Å². The van der Waals surface area contributed by atoms with E-state index in [1.165, 1.54) is 0 Å². The minimum Gasteiger partial charge on any atom is -0.350 e. The average Bonchev–Trinajstić information content (AvgIpc) is 1.99. The summed E-state index contributed by atoms with van der Waals surface area (Å²) >= 11 is 0. The van der Waals surface area contributed by atoms with Gasteiger partial charge in [0.15, 0.2) is 0 Å². The van der Waals surface area contributed by atoms with Gasteiger partial charge in [0, 0.05) is 11.1 Å². The van der Waals surface area contributed by atoms with Gasteiger partial charge < -0.3 is 10.5 Å². The highest BCUT2D eigenvalue weighted by atomic mass is 16.5. The van der Waals surface area contributed by atoms with Crippen molar-refractivity contribution in [2.75, 3.05) is 6.54 Å². The van der Waals surface area contributed by atoms with E-state index in [0.29, 0.717) is 0 Å². The van der Waals surface area contributed by atoms with Crippen LogP contribution in [0.4, 0.5) is 0 Å². The van der Waals surface area contributed by atoms with Crippen molar-refractivity contribution in [3.63, 3.8) is 0 Å². The summed E-state index contributed by atoms with van der Waals surface area (Å²) in [5.41, 5.74) is -0.614. The van der Waals surface area contributed by atoms with E-state index in [-0.39, 0.29) is 18.0 Å². The number of rotatable bonds is 5. The van der Waals surface area contributed by atoms with Crippen molar-refractivity contribution in [3.8, 4) is 0 Å². The summed E-state index contributed by atoms with van der Waals surface area (Å²) in [7, 11) is 0. The van der Waals surface area contributed by atoms with Gasteiger partial charge in [-0.3, -0.25) is 4.79 Å². The molecule has 0 saturated heterocycles. The maximum atomic E-state index is 11.7. The number of hydrogen-bond donors (Lipinski definition) is 2. The van der Waals surface area contributed by atoms with Crippen LogP contribution in [0.15, 0.2) is 0 Å². The number of hydroxylamine groups is 2. The van der Waals surface area contributed by atoms with Crippen molar-refractivity contribution in [2.24, 2.45) is 0 Å². The van der Waals surface area contributed by atoms with E-state index in [1.54, 1.807) is 0 Å². The van der Waals surface area contributed by atoms with Gasteiger partial charge in [-0.2, -0.15) is 5.06 Å². The summed E-state index contributed by atoms with van der Waals surface area (Å²) in [5.74, 6) is -0.143.